The number of rotatable bonds is 4. The zero-order valence-corrected chi connectivity index (χ0v) is 29.2. The Bertz CT molecular complexity index is 3330. The molecular formula is C51H31N3. The minimum Gasteiger partial charge on any atom is -0.309 e. The molecule has 1 aliphatic rings. The molecule has 3 heterocycles. The Morgan fingerprint density at radius 2 is 0.907 bits per heavy atom. The van der Waals surface area contributed by atoms with E-state index in [1.54, 1.807) is 0 Å². The summed E-state index contributed by atoms with van der Waals surface area (Å²) in [7, 11) is 0. The molecule has 11 aromatic rings. The third-order valence-electron chi connectivity index (χ3n) is 11.5. The Hall–Kier alpha value is -7.23. The number of pyridine rings is 1. The van der Waals surface area contributed by atoms with Gasteiger partial charge in [-0.05, 0) is 105 Å². The highest BCUT2D eigenvalue weighted by Gasteiger charge is 2.24. The van der Waals surface area contributed by atoms with Crippen LogP contribution < -0.4 is 0 Å². The largest absolute Gasteiger partial charge is 0.309 e. The molecule has 54 heavy (non-hydrogen) atoms. The average molecular weight is 686 g/mol. The molecule has 0 unspecified atom stereocenters. The zero-order valence-electron chi connectivity index (χ0n) is 29.2. The monoisotopic (exact) mass is 685 g/mol. The number of hydrogen-bond donors (Lipinski definition) is 0. The lowest BCUT2D eigenvalue weighted by atomic mass is 10.0. The first kappa shape index (κ1) is 29.4. The SMILES string of the molecule is c1ccc(-c2cccc(-n3c4ccccc4c4cc(-c5ccc6c(c5)c5ccccc5n6-c5cc6c7c(nccc7c5)-c5ccccc5-6)ccc43)c2)cc1. The molecule has 3 heteroatoms. The molecule has 0 radical (unpaired) electrons. The minimum atomic E-state index is 1.08. The number of fused-ring (bicyclic) bond motifs is 9. The van der Waals surface area contributed by atoms with E-state index in [9.17, 15) is 0 Å². The van der Waals surface area contributed by atoms with Crippen molar-refractivity contribution in [3.8, 4) is 56.0 Å². The molecule has 250 valence electrons. The van der Waals surface area contributed by atoms with Gasteiger partial charge in [0.15, 0.2) is 0 Å². The van der Waals surface area contributed by atoms with E-state index in [-0.39, 0.29) is 0 Å². The van der Waals surface area contributed by atoms with Crippen LogP contribution >= 0.6 is 0 Å². The maximum atomic E-state index is 4.81. The summed E-state index contributed by atoms with van der Waals surface area (Å²) in [5.41, 5.74) is 16.8. The molecule has 0 aliphatic heterocycles. The lowest BCUT2D eigenvalue weighted by Crippen LogP contribution is -1.95. The fourth-order valence-electron chi connectivity index (χ4n) is 9.09. The normalized spacial score (nSPS) is 12.1. The topological polar surface area (TPSA) is 22.8 Å². The summed E-state index contributed by atoms with van der Waals surface area (Å²) < 4.78 is 4.84. The van der Waals surface area contributed by atoms with E-state index in [4.69, 9.17) is 4.98 Å². The number of para-hydroxylation sites is 2. The van der Waals surface area contributed by atoms with Gasteiger partial charge in [0.1, 0.15) is 0 Å². The van der Waals surface area contributed by atoms with Gasteiger partial charge in [0.05, 0.1) is 27.8 Å². The van der Waals surface area contributed by atoms with Gasteiger partial charge in [0.25, 0.3) is 0 Å². The molecule has 8 aromatic carbocycles. The van der Waals surface area contributed by atoms with Gasteiger partial charge in [-0.3, -0.25) is 4.98 Å². The summed E-state index contributed by atoms with van der Waals surface area (Å²) in [5, 5.41) is 7.45. The quantitative estimate of drug-likeness (QED) is 0.181. The Morgan fingerprint density at radius 3 is 1.63 bits per heavy atom. The highest BCUT2D eigenvalue weighted by atomic mass is 15.0. The predicted molar refractivity (Wildman–Crippen MR) is 226 cm³/mol. The minimum absolute atomic E-state index is 1.08. The highest BCUT2D eigenvalue weighted by molar-refractivity contribution is 6.16. The van der Waals surface area contributed by atoms with Crippen LogP contribution in [0.1, 0.15) is 0 Å². The van der Waals surface area contributed by atoms with Crippen LogP contribution in [-0.2, 0) is 0 Å². The highest BCUT2D eigenvalue weighted by Crippen LogP contribution is 2.48. The smallest absolute Gasteiger partial charge is 0.0792 e. The van der Waals surface area contributed by atoms with Crippen molar-refractivity contribution in [1.29, 1.82) is 0 Å². The van der Waals surface area contributed by atoms with Crippen molar-refractivity contribution >= 4 is 54.4 Å². The second kappa shape index (κ2) is 11.1. The standard InChI is InChI=1S/C51H31N3/c1-2-11-32(12-3-1)33-13-10-14-37(27-33)53-46-19-8-6-16-40(46)43-29-34(21-23-48(43)53)35-22-24-49-44(30-35)41-17-7-9-20-47(41)54(49)38-28-36-25-26-52-51-42-18-5-4-15-39(42)45(31-38)50(36)51/h1-31H. The van der Waals surface area contributed by atoms with Gasteiger partial charge >= 0.3 is 0 Å². The molecule has 0 spiro atoms. The second-order valence-corrected chi connectivity index (χ2v) is 14.4. The molecule has 3 nitrogen and oxygen atoms in total. The Kier molecular flexibility index (Phi) is 6.05. The Balaban J connectivity index is 1.03. The van der Waals surface area contributed by atoms with Crippen LogP contribution in [-0.4, -0.2) is 14.1 Å². The van der Waals surface area contributed by atoms with Gasteiger partial charge in [-0.25, -0.2) is 0 Å². The third-order valence-corrected chi connectivity index (χ3v) is 11.5. The van der Waals surface area contributed by atoms with Crippen molar-refractivity contribution < 1.29 is 0 Å². The molecule has 0 saturated heterocycles. The lowest BCUT2D eigenvalue weighted by molar-refractivity contribution is 1.18. The summed E-state index contributed by atoms with van der Waals surface area (Å²) in [6.45, 7) is 0. The van der Waals surface area contributed by atoms with E-state index < -0.39 is 0 Å². The molecule has 0 atom stereocenters. The van der Waals surface area contributed by atoms with Gasteiger partial charge in [0, 0.05) is 50.1 Å². The number of aromatic nitrogens is 3. The van der Waals surface area contributed by atoms with Crippen LogP contribution in [0.2, 0.25) is 0 Å². The fourth-order valence-corrected chi connectivity index (χ4v) is 9.09. The van der Waals surface area contributed by atoms with Gasteiger partial charge in [0.2, 0.25) is 0 Å². The van der Waals surface area contributed by atoms with E-state index in [1.165, 1.54) is 93.3 Å². The molecule has 3 aromatic heterocycles. The van der Waals surface area contributed by atoms with Crippen molar-refractivity contribution in [2.75, 3.05) is 0 Å². The summed E-state index contributed by atoms with van der Waals surface area (Å²) in [4.78, 5) is 4.81. The third kappa shape index (κ3) is 4.15. The van der Waals surface area contributed by atoms with E-state index in [1.807, 2.05) is 6.20 Å². The van der Waals surface area contributed by atoms with Crippen molar-refractivity contribution in [3.05, 3.63) is 188 Å². The zero-order chi connectivity index (χ0) is 35.3. The van der Waals surface area contributed by atoms with Crippen LogP contribution in [0.25, 0.3) is 110 Å². The van der Waals surface area contributed by atoms with Crippen molar-refractivity contribution in [3.63, 3.8) is 0 Å². The van der Waals surface area contributed by atoms with Gasteiger partial charge in [-0.2, -0.15) is 0 Å². The van der Waals surface area contributed by atoms with Crippen molar-refractivity contribution in [1.82, 2.24) is 14.1 Å². The predicted octanol–water partition coefficient (Wildman–Crippen LogP) is 13.4. The Labute approximate surface area is 311 Å². The first-order valence-electron chi connectivity index (χ1n) is 18.5. The summed E-state index contributed by atoms with van der Waals surface area (Å²) in [5.74, 6) is 0. The number of benzene rings is 8. The summed E-state index contributed by atoms with van der Waals surface area (Å²) >= 11 is 0. The van der Waals surface area contributed by atoms with E-state index in [0.29, 0.717) is 0 Å². The lowest BCUT2D eigenvalue weighted by Gasteiger charge is -2.12. The van der Waals surface area contributed by atoms with Crippen LogP contribution in [0.4, 0.5) is 0 Å². The van der Waals surface area contributed by atoms with Crippen LogP contribution in [0.3, 0.4) is 0 Å². The molecule has 0 N–H and O–H groups in total. The summed E-state index contributed by atoms with van der Waals surface area (Å²) in [6, 6.07) is 66.5. The molecule has 0 saturated carbocycles. The Morgan fingerprint density at radius 1 is 0.333 bits per heavy atom. The first-order chi connectivity index (χ1) is 26.8. The summed E-state index contributed by atoms with van der Waals surface area (Å²) in [6.07, 6.45) is 1.95. The molecule has 1 aliphatic carbocycles. The molecule has 0 fully saturated rings. The van der Waals surface area contributed by atoms with Gasteiger partial charge < -0.3 is 9.13 Å². The van der Waals surface area contributed by atoms with E-state index in [2.05, 4.69) is 191 Å². The molecular weight excluding hydrogens is 655 g/mol. The molecule has 0 bridgehead atoms. The first-order valence-corrected chi connectivity index (χ1v) is 18.5. The van der Waals surface area contributed by atoms with E-state index in [0.717, 1.165) is 17.1 Å². The van der Waals surface area contributed by atoms with Crippen LogP contribution in [0.15, 0.2) is 188 Å². The van der Waals surface area contributed by atoms with Crippen LogP contribution in [0, 0.1) is 0 Å². The number of nitrogens with zero attached hydrogens (tertiary/aromatic N) is 3. The van der Waals surface area contributed by atoms with Crippen molar-refractivity contribution in [2.45, 2.75) is 0 Å². The van der Waals surface area contributed by atoms with Crippen molar-refractivity contribution in [2.24, 2.45) is 0 Å². The van der Waals surface area contributed by atoms with E-state index >= 15 is 0 Å². The maximum Gasteiger partial charge on any atom is 0.0792 e. The number of hydrogen-bond acceptors (Lipinski definition) is 1. The van der Waals surface area contributed by atoms with Gasteiger partial charge in [-0.1, -0.05) is 115 Å². The fraction of sp³-hybridized carbons (Fsp3) is 0. The average Bonchev–Trinajstić information content (AvgIpc) is 3.87. The van der Waals surface area contributed by atoms with Crippen LogP contribution in [0.5, 0.6) is 0 Å². The molecule has 0 amide bonds. The van der Waals surface area contributed by atoms with Gasteiger partial charge in [-0.15, -0.1) is 0 Å². The second-order valence-electron chi connectivity index (χ2n) is 14.4. The maximum absolute atomic E-state index is 4.81. The molecule has 12 rings (SSSR count).